The summed E-state index contributed by atoms with van der Waals surface area (Å²) in [6, 6.07) is 17.1. The Hall–Kier alpha value is -4.22. The largest absolute Gasteiger partial charge is 0.493 e. The highest BCUT2D eigenvalue weighted by Crippen LogP contribution is 2.38. The van der Waals surface area contributed by atoms with Crippen molar-refractivity contribution in [1.29, 1.82) is 0 Å². The third kappa shape index (κ3) is 4.74. The lowest BCUT2D eigenvalue weighted by atomic mass is 10.1. The summed E-state index contributed by atoms with van der Waals surface area (Å²) in [6.45, 7) is 1.12. The fourth-order valence-electron chi connectivity index (χ4n) is 3.24. The Morgan fingerprint density at radius 1 is 0.594 bits per heavy atom. The number of fused-ring (bicyclic) bond motifs is 1. The number of hydrogen-bond acceptors (Lipinski definition) is 5. The molecule has 1 aliphatic heterocycles. The van der Waals surface area contributed by atoms with E-state index in [1.807, 2.05) is 54.6 Å². The quantitative estimate of drug-likeness (QED) is 0.585. The van der Waals surface area contributed by atoms with Gasteiger partial charge in [-0.05, 0) is 48.5 Å². The highest BCUT2D eigenvalue weighted by molar-refractivity contribution is 5.58. The molecule has 0 aliphatic carbocycles. The van der Waals surface area contributed by atoms with Crippen molar-refractivity contribution in [3.8, 4) is 52.4 Å². The van der Waals surface area contributed by atoms with Crippen LogP contribution in [-0.2, 0) is 0 Å². The Kier molecular flexibility index (Phi) is 6.39. The van der Waals surface area contributed by atoms with Crippen LogP contribution in [0.4, 0.5) is 0 Å². The average molecular weight is 426 g/mol. The molecule has 3 aromatic carbocycles. The van der Waals surface area contributed by atoms with Gasteiger partial charge in [0, 0.05) is 22.3 Å². The summed E-state index contributed by atoms with van der Waals surface area (Å²) in [6.07, 6.45) is 0. The van der Waals surface area contributed by atoms with Crippen molar-refractivity contribution in [3.63, 3.8) is 0 Å². The molecule has 4 rings (SSSR count). The van der Waals surface area contributed by atoms with Crippen LogP contribution in [0.25, 0.3) is 0 Å². The molecule has 5 heteroatoms. The summed E-state index contributed by atoms with van der Waals surface area (Å²) < 4.78 is 27.3. The first kappa shape index (κ1) is 21.0. The minimum absolute atomic E-state index is 0.539. The van der Waals surface area contributed by atoms with Gasteiger partial charge in [-0.2, -0.15) is 0 Å². The van der Waals surface area contributed by atoms with Crippen LogP contribution in [-0.4, -0.2) is 34.5 Å². The van der Waals surface area contributed by atoms with E-state index in [1.54, 1.807) is 21.3 Å². The molecule has 0 saturated heterocycles. The average Bonchev–Trinajstić information content (AvgIpc) is 2.85. The van der Waals surface area contributed by atoms with Gasteiger partial charge in [0.25, 0.3) is 0 Å². The highest BCUT2D eigenvalue weighted by atomic mass is 16.6. The lowest BCUT2D eigenvalue weighted by molar-refractivity contribution is 0.171. The van der Waals surface area contributed by atoms with Crippen molar-refractivity contribution in [2.45, 2.75) is 0 Å². The normalized spacial score (nSPS) is 11.3. The van der Waals surface area contributed by atoms with E-state index in [0.29, 0.717) is 30.5 Å². The van der Waals surface area contributed by atoms with Crippen LogP contribution in [0.5, 0.6) is 28.7 Å². The molecule has 3 aromatic rings. The zero-order valence-electron chi connectivity index (χ0n) is 18.2. The molecule has 0 N–H and O–H groups in total. The summed E-state index contributed by atoms with van der Waals surface area (Å²) in [4.78, 5) is 0. The van der Waals surface area contributed by atoms with Gasteiger partial charge in [0.05, 0.1) is 21.3 Å². The van der Waals surface area contributed by atoms with E-state index in [2.05, 4.69) is 23.7 Å². The minimum atomic E-state index is 0.539. The topological polar surface area (TPSA) is 46.2 Å². The van der Waals surface area contributed by atoms with Crippen LogP contribution in [0, 0.1) is 23.7 Å². The highest BCUT2D eigenvalue weighted by Gasteiger charge is 2.12. The lowest BCUT2D eigenvalue weighted by Gasteiger charge is -2.17. The van der Waals surface area contributed by atoms with Crippen LogP contribution in [0.1, 0.15) is 22.3 Å². The van der Waals surface area contributed by atoms with Crippen molar-refractivity contribution < 1.29 is 23.7 Å². The van der Waals surface area contributed by atoms with E-state index < -0.39 is 0 Å². The van der Waals surface area contributed by atoms with E-state index in [-0.39, 0.29) is 0 Å². The summed E-state index contributed by atoms with van der Waals surface area (Å²) in [5.41, 5.74) is 3.35. The molecule has 0 amide bonds. The smallest absolute Gasteiger partial charge is 0.203 e. The fourth-order valence-corrected chi connectivity index (χ4v) is 3.24. The maximum absolute atomic E-state index is 5.62. The van der Waals surface area contributed by atoms with Gasteiger partial charge >= 0.3 is 0 Å². The van der Waals surface area contributed by atoms with E-state index in [1.165, 1.54) is 0 Å². The molecule has 0 spiro atoms. The van der Waals surface area contributed by atoms with E-state index >= 15 is 0 Å². The van der Waals surface area contributed by atoms with Gasteiger partial charge in [-0.1, -0.05) is 29.7 Å². The summed E-state index contributed by atoms with van der Waals surface area (Å²) in [5.74, 6) is 15.8. The predicted molar refractivity (Wildman–Crippen MR) is 122 cm³/mol. The van der Waals surface area contributed by atoms with Crippen LogP contribution in [0.2, 0.25) is 0 Å². The molecule has 32 heavy (non-hydrogen) atoms. The van der Waals surface area contributed by atoms with Gasteiger partial charge in [0.2, 0.25) is 5.75 Å². The SMILES string of the molecule is COc1cc(C#Cc2cccc(C#Cc3ccc4c(c3)OCCO4)c2)cc(OC)c1OC. The van der Waals surface area contributed by atoms with E-state index in [4.69, 9.17) is 23.7 Å². The first-order valence-electron chi connectivity index (χ1n) is 10.0. The monoisotopic (exact) mass is 426 g/mol. The van der Waals surface area contributed by atoms with Crippen LogP contribution >= 0.6 is 0 Å². The maximum atomic E-state index is 5.62. The molecule has 0 unspecified atom stereocenters. The molecule has 1 aliphatic rings. The van der Waals surface area contributed by atoms with Gasteiger partial charge in [-0.15, -0.1) is 0 Å². The second kappa shape index (κ2) is 9.73. The van der Waals surface area contributed by atoms with Gasteiger partial charge in [-0.25, -0.2) is 0 Å². The third-order valence-corrected chi connectivity index (χ3v) is 4.77. The molecule has 0 bridgehead atoms. The van der Waals surface area contributed by atoms with Crippen LogP contribution in [0.3, 0.4) is 0 Å². The molecular formula is C27H22O5. The predicted octanol–water partition coefficient (Wildman–Crippen LogP) is 4.28. The second-order valence-electron chi connectivity index (χ2n) is 6.85. The Labute approximate surface area is 187 Å². The van der Waals surface area contributed by atoms with Crippen molar-refractivity contribution in [2.75, 3.05) is 34.5 Å². The third-order valence-electron chi connectivity index (χ3n) is 4.77. The molecule has 1 heterocycles. The van der Waals surface area contributed by atoms with Crippen molar-refractivity contribution >= 4 is 0 Å². The molecule has 0 saturated carbocycles. The molecular weight excluding hydrogens is 404 g/mol. The number of benzene rings is 3. The minimum Gasteiger partial charge on any atom is -0.493 e. The number of rotatable bonds is 3. The molecule has 5 nitrogen and oxygen atoms in total. The first-order chi connectivity index (χ1) is 15.7. The molecule has 160 valence electrons. The molecule has 0 fully saturated rings. The van der Waals surface area contributed by atoms with Gasteiger partial charge in [0.1, 0.15) is 13.2 Å². The van der Waals surface area contributed by atoms with E-state index in [9.17, 15) is 0 Å². The van der Waals surface area contributed by atoms with Gasteiger partial charge < -0.3 is 23.7 Å². The number of methoxy groups -OCH3 is 3. The van der Waals surface area contributed by atoms with Gasteiger partial charge in [0.15, 0.2) is 23.0 Å². The van der Waals surface area contributed by atoms with Gasteiger partial charge in [-0.3, -0.25) is 0 Å². The Balaban J connectivity index is 1.57. The Bertz CT molecular complexity index is 1230. The Morgan fingerprint density at radius 2 is 1.16 bits per heavy atom. The molecule has 0 radical (unpaired) electrons. The Morgan fingerprint density at radius 3 is 1.75 bits per heavy atom. The zero-order valence-corrected chi connectivity index (χ0v) is 18.2. The summed E-state index contributed by atoms with van der Waals surface area (Å²) >= 11 is 0. The fraction of sp³-hybridized carbons (Fsp3) is 0.185. The van der Waals surface area contributed by atoms with Crippen molar-refractivity contribution in [1.82, 2.24) is 0 Å². The molecule has 0 atom stereocenters. The van der Waals surface area contributed by atoms with E-state index in [0.717, 1.165) is 33.8 Å². The standard InChI is InChI=1S/C27H22O5/c1-28-25-17-22(18-26(29-2)27(25)30-3)10-9-20-6-4-5-19(15-20)7-8-21-11-12-23-24(16-21)32-14-13-31-23/h4-6,11-12,15-18H,13-14H2,1-3H3. The maximum Gasteiger partial charge on any atom is 0.203 e. The number of hydrogen-bond donors (Lipinski definition) is 0. The molecule has 0 aromatic heterocycles. The second-order valence-corrected chi connectivity index (χ2v) is 6.85. The zero-order chi connectivity index (χ0) is 22.3. The number of ether oxygens (including phenoxy) is 5. The van der Waals surface area contributed by atoms with Crippen LogP contribution < -0.4 is 23.7 Å². The van der Waals surface area contributed by atoms with Crippen molar-refractivity contribution in [3.05, 3.63) is 76.9 Å². The van der Waals surface area contributed by atoms with Crippen molar-refractivity contribution in [2.24, 2.45) is 0 Å². The van der Waals surface area contributed by atoms with Crippen LogP contribution in [0.15, 0.2) is 54.6 Å². The lowest BCUT2D eigenvalue weighted by Crippen LogP contribution is -2.15. The first-order valence-corrected chi connectivity index (χ1v) is 10.0. The summed E-state index contributed by atoms with van der Waals surface area (Å²) in [7, 11) is 4.74. The summed E-state index contributed by atoms with van der Waals surface area (Å²) in [5, 5.41) is 0.